The van der Waals surface area contributed by atoms with Crippen molar-refractivity contribution in [1.29, 1.82) is 0 Å². The van der Waals surface area contributed by atoms with E-state index in [9.17, 15) is 14.4 Å². The molecule has 0 atom stereocenters. The van der Waals surface area contributed by atoms with Crippen LogP contribution in [-0.2, 0) is 9.53 Å². The minimum absolute atomic E-state index is 0.0937. The third-order valence-corrected chi connectivity index (χ3v) is 6.50. The van der Waals surface area contributed by atoms with E-state index in [-0.39, 0.29) is 36.4 Å². The standard InChI is InChI=1S/C25H24N4O6/c30-21(31)11-5-6-15-12-29(13-15)24(32)22-23(28-35-27-22)26-25(33)34-14-20-18-9-3-1-7-16(18)17-8-2-4-10-19(17)20/h1-4,7-10,15,20H,5-6,11-14H2,(H,30,31)(H,26,28,33). The molecule has 2 N–H and O–H groups in total. The number of nitrogens with one attached hydrogen (secondary N) is 1. The quantitative estimate of drug-likeness (QED) is 0.502. The van der Waals surface area contributed by atoms with E-state index < -0.39 is 18.0 Å². The maximum absolute atomic E-state index is 12.7. The molecule has 35 heavy (non-hydrogen) atoms. The van der Waals surface area contributed by atoms with Crippen LogP contribution in [0.4, 0.5) is 10.6 Å². The summed E-state index contributed by atoms with van der Waals surface area (Å²) in [5.41, 5.74) is 4.35. The number of likely N-dealkylation sites (tertiary alicyclic amines) is 1. The lowest BCUT2D eigenvalue weighted by Gasteiger charge is -2.38. The topological polar surface area (TPSA) is 135 Å². The third kappa shape index (κ3) is 4.59. The van der Waals surface area contributed by atoms with Crippen molar-refractivity contribution in [3.05, 3.63) is 65.4 Å². The zero-order valence-corrected chi connectivity index (χ0v) is 18.8. The average Bonchev–Trinajstić information content (AvgIpc) is 3.41. The second-order valence-corrected chi connectivity index (χ2v) is 8.77. The van der Waals surface area contributed by atoms with E-state index in [2.05, 4.69) is 27.8 Å². The molecule has 1 fully saturated rings. The smallest absolute Gasteiger partial charge is 0.412 e. The van der Waals surface area contributed by atoms with Gasteiger partial charge in [-0.15, -0.1) is 0 Å². The summed E-state index contributed by atoms with van der Waals surface area (Å²) in [6.07, 6.45) is 0.665. The highest BCUT2D eigenvalue weighted by Crippen LogP contribution is 2.44. The number of carboxylic acids is 1. The number of aliphatic carboxylic acids is 1. The molecular formula is C25H24N4O6. The maximum atomic E-state index is 12.7. The van der Waals surface area contributed by atoms with Crippen LogP contribution in [0, 0.1) is 5.92 Å². The summed E-state index contributed by atoms with van der Waals surface area (Å²) in [6, 6.07) is 16.1. The molecule has 5 rings (SSSR count). The fourth-order valence-electron chi connectivity index (χ4n) is 4.75. The molecule has 1 saturated heterocycles. The minimum atomic E-state index is -0.824. The molecular weight excluding hydrogens is 452 g/mol. The van der Waals surface area contributed by atoms with Gasteiger partial charge >= 0.3 is 12.1 Å². The van der Waals surface area contributed by atoms with Crippen LogP contribution in [0.3, 0.4) is 0 Å². The SMILES string of the molecule is O=C(O)CCCC1CN(C(=O)c2nonc2NC(=O)OCC2c3ccccc3-c3ccccc32)C1. The Morgan fingerprint density at radius 1 is 1.03 bits per heavy atom. The fourth-order valence-corrected chi connectivity index (χ4v) is 4.75. The molecule has 2 aromatic carbocycles. The predicted octanol–water partition coefficient (Wildman–Crippen LogP) is 3.76. The van der Waals surface area contributed by atoms with Crippen molar-refractivity contribution in [3.8, 4) is 11.1 Å². The number of amides is 2. The number of nitrogens with zero attached hydrogens (tertiary/aromatic N) is 3. The van der Waals surface area contributed by atoms with Crippen LogP contribution in [0.5, 0.6) is 0 Å². The van der Waals surface area contributed by atoms with Gasteiger partial charge in [0.1, 0.15) is 6.61 Å². The van der Waals surface area contributed by atoms with E-state index in [1.54, 1.807) is 4.90 Å². The summed E-state index contributed by atoms with van der Waals surface area (Å²) < 4.78 is 10.2. The van der Waals surface area contributed by atoms with Gasteiger partial charge in [-0.1, -0.05) is 48.5 Å². The Kier molecular flexibility index (Phi) is 6.17. The molecule has 1 aromatic heterocycles. The number of benzene rings is 2. The first kappa shape index (κ1) is 22.6. The second-order valence-electron chi connectivity index (χ2n) is 8.77. The van der Waals surface area contributed by atoms with Gasteiger partial charge in [-0.2, -0.15) is 0 Å². The van der Waals surface area contributed by atoms with Crippen LogP contribution in [0.25, 0.3) is 11.1 Å². The summed E-state index contributed by atoms with van der Waals surface area (Å²) in [5.74, 6) is -1.17. The lowest BCUT2D eigenvalue weighted by Crippen LogP contribution is -2.50. The van der Waals surface area contributed by atoms with Gasteiger partial charge in [0.05, 0.1) is 0 Å². The molecule has 1 aliphatic carbocycles. The van der Waals surface area contributed by atoms with Gasteiger partial charge in [0.2, 0.25) is 11.5 Å². The van der Waals surface area contributed by atoms with E-state index in [0.29, 0.717) is 19.5 Å². The number of rotatable bonds is 8. The molecule has 0 bridgehead atoms. The maximum Gasteiger partial charge on any atom is 0.412 e. The summed E-state index contributed by atoms with van der Waals surface area (Å²) in [6.45, 7) is 1.12. The molecule has 2 heterocycles. The molecule has 0 spiro atoms. The van der Waals surface area contributed by atoms with Gasteiger partial charge in [-0.05, 0) is 51.3 Å². The minimum Gasteiger partial charge on any atom is -0.481 e. The number of aromatic nitrogens is 2. The van der Waals surface area contributed by atoms with E-state index in [4.69, 9.17) is 14.5 Å². The number of carbonyl (C=O) groups excluding carboxylic acids is 2. The van der Waals surface area contributed by atoms with Gasteiger partial charge in [0, 0.05) is 25.4 Å². The van der Waals surface area contributed by atoms with E-state index >= 15 is 0 Å². The van der Waals surface area contributed by atoms with Crippen LogP contribution in [0.15, 0.2) is 53.2 Å². The van der Waals surface area contributed by atoms with Crippen LogP contribution in [-0.4, -0.2) is 58.0 Å². The molecule has 180 valence electrons. The number of hydrogen-bond donors (Lipinski definition) is 2. The molecule has 2 amide bonds. The largest absolute Gasteiger partial charge is 0.481 e. The fraction of sp³-hybridized carbons (Fsp3) is 0.320. The average molecular weight is 476 g/mol. The van der Waals surface area contributed by atoms with Crippen molar-refractivity contribution < 1.29 is 28.9 Å². The lowest BCUT2D eigenvalue weighted by molar-refractivity contribution is -0.137. The van der Waals surface area contributed by atoms with Gasteiger partial charge in [0.25, 0.3) is 5.91 Å². The number of ether oxygens (including phenoxy) is 1. The molecule has 1 aliphatic heterocycles. The summed E-state index contributed by atoms with van der Waals surface area (Å²) >= 11 is 0. The van der Waals surface area contributed by atoms with Crippen molar-refractivity contribution in [2.75, 3.05) is 25.0 Å². The van der Waals surface area contributed by atoms with E-state index in [0.717, 1.165) is 28.7 Å². The summed E-state index contributed by atoms with van der Waals surface area (Å²) in [4.78, 5) is 37.5. The lowest BCUT2D eigenvalue weighted by atomic mass is 9.93. The highest BCUT2D eigenvalue weighted by Gasteiger charge is 2.35. The van der Waals surface area contributed by atoms with Crippen LogP contribution < -0.4 is 5.32 Å². The van der Waals surface area contributed by atoms with Crippen molar-refractivity contribution in [2.45, 2.75) is 25.2 Å². The second kappa shape index (κ2) is 9.57. The Hall–Kier alpha value is -4.21. The first-order valence-electron chi connectivity index (χ1n) is 11.5. The Morgan fingerprint density at radius 2 is 1.69 bits per heavy atom. The Labute approximate surface area is 200 Å². The number of hydrogen-bond acceptors (Lipinski definition) is 7. The van der Waals surface area contributed by atoms with Crippen molar-refractivity contribution in [3.63, 3.8) is 0 Å². The van der Waals surface area contributed by atoms with Crippen LogP contribution >= 0.6 is 0 Å². The van der Waals surface area contributed by atoms with Crippen molar-refractivity contribution in [2.24, 2.45) is 5.92 Å². The first-order valence-corrected chi connectivity index (χ1v) is 11.5. The van der Waals surface area contributed by atoms with Crippen molar-refractivity contribution >= 4 is 23.8 Å². The third-order valence-electron chi connectivity index (χ3n) is 6.50. The first-order chi connectivity index (χ1) is 17.0. The summed E-state index contributed by atoms with van der Waals surface area (Å²) in [5, 5.41) is 18.5. The normalized spacial score (nSPS) is 14.7. The Bertz CT molecular complexity index is 1220. The summed E-state index contributed by atoms with van der Waals surface area (Å²) in [7, 11) is 0. The number of carboxylic acid groups (broad SMARTS) is 1. The van der Waals surface area contributed by atoms with E-state index in [1.807, 2.05) is 36.4 Å². The van der Waals surface area contributed by atoms with Gasteiger partial charge < -0.3 is 14.7 Å². The molecule has 0 saturated carbocycles. The van der Waals surface area contributed by atoms with Gasteiger partial charge in [-0.25, -0.2) is 9.42 Å². The highest BCUT2D eigenvalue weighted by atomic mass is 16.6. The van der Waals surface area contributed by atoms with E-state index in [1.165, 1.54) is 0 Å². The molecule has 0 radical (unpaired) electrons. The molecule has 0 unspecified atom stereocenters. The monoisotopic (exact) mass is 476 g/mol. The molecule has 10 heteroatoms. The molecule has 2 aliphatic rings. The molecule has 10 nitrogen and oxygen atoms in total. The number of carbonyl (C=O) groups is 3. The van der Waals surface area contributed by atoms with Crippen molar-refractivity contribution in [1.82, 2.24) is 15.2 Å². The van der Waals surface area contributed by atoms with Gasteiger partial charge in [0.15, 0.2) is 0 Å². The number of anilines is 1. The van der Waals surface area contributed by atoms with Gasteiger partial charge in [-0.3, -0.25) is 14.9 Å². The Morgan fingerprint density at radius 3 is 2.34 bits per heavy atom. The van der Waals surface area contributed by atoms with Crippen LogP contribution in [0.2, 0.25) is 0 Å². The Balaban J connectivity index is 1.17. The zero-order chi connectivity index (χ0) is 24.4. The van der Waals surface area contributed by atoms with Crippen LogP contribution in [0.1, 0.15) is 46.8 Å². The predicted molar refractivity (Wildman–Crippen MR) is 124 cm³/mol. The highest BCUT2D eigenvalue weighted by molar-refractivity contribution is 6.00. The number of fused-ring (bicyclic) bond motifs is 3. The zero-order valence-electron chi connectivity index (χ0n) is 18.8. The molecule has 3 aromatic rings.